The molecule has 2 amide bonds. The molecule has 6 heteroatoms. The molecule has 2 heterocycles. The minimum absolute atomic E-state index is 0.0180. The number of fused-ring (bicyclic) bond motifs is 1. The Labute approximate surface area is 116 Å². The number of aryl methyl sites for hydroxylation is 1. The highest BCUT2D eigenvalue weighted by atomic mass is 16.2. The minimum atomic E-state index is -0.210. The first kappa shape index (κ1) is 12.4. The van der Waals surface area contributed by atoms with Gasteiger partial charge in [0.15, 0.2) is 0 Å². The molecule has 2 aromatic rings. The molecule has 0 unspecified atom stereocenters. The Bertz CT molecular complexity index is 705. The molecule has 1 aromatic heterocycles. The first-order valence-corrected chi connectivity index (χ1v) is 6.27. The van der Waals surface area contributed by atoms with E-state index in [4.69, 9.17) is 0 Å². The van der Waals surface area contributed by atoms with E-state index in [1.165, 1.54) is 11.1 Å². The standard InChI is InChI=1S/C14H14N4O2/c1-9-10(7-15-17(9)2)14(20)18-8-13(19)16-11-5-3-4-6-12(11)18/h3-7H,8H2,1-2H3,(H,16,19). The fourth-order valence-corrected chi connectivity index (χ4v) is 2.27. The van der Waals surface area contributed by atoms with Crippen molar-refractivity contribution in [1.29, 1.82) is 0 Å². The maximum Gasteiger partial charge on any atom is 0.262 e. The highest BCUT2D eigenvalue weighted by Gasteiger charge is 2.29. The zero-order valence-electron chi connectivity index (χ0n) is 11.3. The molecule has 0 radical (unpaired) electrons. The van der Waals surface area contributed by atoms with Gasteiger partial charge in [0.1, 0.15) is 6.54 Å². The van der Waals surface area contributed by atoms with Gasteiger partial charge in [-0.3, -0.25) is 19.2 Å². The number of hydrogen-bond donors (Lipinski definition) is 1. The second kappa shape index (κ2) is 4.48. The van der Waals surface area contributed by atoms with Gasteiger partial charge in [0.05, 0.1) is 23.1 Å². The van der Waals surface area contributed by atoms with Gasteiger partial charge in [0.25, 0.3) is 5.91 Å². The summed E-state index contributed by atoms with van der Waals surface area (Å²) >= 11 is 0. The van der Waals surface area contributed by atoms with E-state index in [2.05, 4.69) is 10.4 Å². The monoisotopic (exact) mass is 270 g/mol. The number of anilines is 2. The van der Waals surface area contributed by atoms with Gasteiger partial charge in [-0.05, 0) is 19.1 Å². The molecule has 0 saturated carbocycles. The van der Waals surface area contributed by atoms with Crippen molar-refractivity contribution in [2.45, 2.75) is 6.92 Å². The second-order valence-electron chi connectivity index (χ2n) is 4.72. The number of benzene rings is 1. The third-order valence-corrected chi connectivity index (χ3v) is 3.48. The molecule has 0 aliphatic carbocycles. The Morgan fingerprint density at radius 1 is 1.35 bits per heavy atom. The predicted octanol–water partition coefficient (Wildman–Crippen LogP) is 1.33. The van der Waals surface area contributed by atoms with Gasteiger partial charge in [0, 0.05) is 12.7 Å². The highest BCUT2D eigenvalue weighted by molar-refractivity contribution is 6.15. The van der Waals surface area contributed by atoms with Crippen LogP contribution < -0.4 is 10.2 Å². The smallest absolute Gasteiger partial charge is 0.262 e. The van der Waals surface area contributed by atoms with E-state index in [0.717, 1.165) is 5.69 Å². The molecule has 3 rings (SSSR count). The molecule has 0 saturated heterocycles. The molecule has 1 aliphatic rings. The van der Waals surface area contributed by atoms with Crippen molar-refractivity contribution in [3.05, 3.63) is 41.7 Å². The van der Waals surface area contributed by atoms with Gasteiger partial charge in [-0.1, -0.05) is 12.1 Å². The lowest BCUT2D eigenvalue weighted by molar-refractivity contribution is -0.115. The molecule has 1 N–H and O–H groups in total. The van der Waals surface area contributed by atoms with E-state index in [9.17, 15) is 9.59 Å². The minimum Gasteiger partial charge on any atom is -0.323 e. The van der Waals surface area contributed by atoms with Gasteiger partial charge in [-0.2, -0.15) is 5.10 Å². The molecule has 20 heavy (non-hydrogen) atoms. The molecule has 1 aromatic carbocycles. The lowest BCUT2D eigenvalue weighted by Gasteiger charge is -2.29. The Kier molecular flexibility index (Phi) is 2.78. The summed E-state index contributed by atoms with van der Waals surface area (Å²) in [5.41, 5.74) is 2.65. The zero-order valence-corrected chi connectivity index (χ0v) is 11.3. The number of para-hydroxylation sites is 2. The Morgan fingerprint density at radius 2 is 2.10 bits per heavy atom. The van der Waals surface area contributed by atoms with Crippen molar-refractivity contribution >= 4 is 23.2 Å². The zero-order chi connectivity index (χ0) is 14.3. The van der Waals surface area contributed by atoms with Gasteiger partial charge < -0.3 is 5.32 Å². The average molecular weight is 270 g/mol. The molecular formula is C14H14N4O2. The number of hydrogen-bond acceptors (Lipinski definition) is 3. The first-order valence-electron chi connectivity index (χ1n) is 6.27. The number of nitrogens with zero attached hydrogens (tertiary/aromatic N) is 3. The summed E-state index contributed by atoms with van der Waals surface area (Å²) < 4.78 is 1.64. The third kappa shape index (κ3) is 1.85. The van der Waals surface area contributed by atoms with Crippen LogP contribution in [0, 0.1) is 6.92 Å². The topological polar surface area (TPSA) is 67.2 Å². The summed E-state index contributed by atoms with van der Waals surface area (Å²) in [5, 5.41) is 6.84. The summed E-state index contributed by atoms with van der Waals surface area (Å²) in [5.74, 6) is -0.406. The Morgan fingerprint density at radius 3 is 2.80 bits per heavy atom. The van der Waals surface area contributed by atoms with E-state index >= 15 is 0 Å². The van der Waals surface area contributed by atoms with Gasteiger partial charge in [0.2, 0.25) is 5.91 Å². The van der Waals surface area contributed by atoms with Crippen LogP contribution >= 0.6 is 0 Å². The quantitative estimate of drug-likeness (QED) is 0.850. The number of nitrogens with one attached hydrogen (secondary N) is 1. The molecule has 102 valence electrons. The van der Waals surface area contributed by atoms with Crippen LogP contribution in [0.5, 0.6) is 0 Å². The van der Waals surface area contributed by atoms with Crippen molar-refractivity contribution in [2.75, 3.05) is 16.8 Å². The summed E-state index contributed by atoms with van der Waals surface area (Å²) in [4.78, 5) is 25.9. The lowest BCUT2D eigenvalue weighted by atomic mass is 10.1. The Balaban J connectivity index is 2.04. The summed E-state index contributed by atoms with van der Waals surface area (Å²) in [6.45, 7) is 1.85. The number of carbonyl (C=O) groups is 2. The maximum atomic E-state index is 12.6. The second-order valence-corrected chi connectivity index (χ2v) is 4.72. The lowest BCUT2D eigenvalue weighted by Crippen LogP contribution is -2.42. The number of carbonyl (C=O) groups excluding carboxylic acids is 2. The van der Waals surface area contributed by atoms with Crippen LogP contribution in [0.4, 0.5) is 11.4 Å². The largest absolute Gasteiger partial charge is 0.323 e. The van der Waals surface area contributed by atoms with Crippen molar-refractivity contribution < 1.29 is 9.59 Å². The van der Waals surface area contributed by atoms with Crippen molar-refractivity contribution in [3.63, 3.8) is 0 Å². The van der Waals surface area contributed by atoms with Crippen LogP contribution in [0.15, 0.2) is 30.5 Å². The van der Waals surface area contributed by atoms with Crippen molar-refractivity contribution in [3.8, 4) is 0 Å². The van der Waals surface area contributed by atoms with Crippen LogP contribution in [0.1, 0.15) is 16.1 Å². The SMILES string of the molecule is Cc1c(C(=O)N2CC(=O)Nc3ccccc32)cnn1C. The number of rotatable bonds is 1. The van der Waals surface area contributed by atoms with E-state index in [1.807, 2.05) is 25.1 Å². The fraction of sp³-hybridized carbons (Fsp3) is 0.214. The van der Waals surface area contributed by atoms with Crippen LogP contribution in [0.25, 0.3) is 0 Å². The van der Waals surface area contributed by atoms with E-state index in [1.54, 1.807) is 17.8 Å². The van der Waals surface area contributed by atoms with Gasteiger partial charge in [-0.15, -0.1) is 0 Å². The third-order valence-electron chi connectivity index (χ3n) is 3.48. The van der Waals surface area contributed by atoms with Gasteiger partial charge in [-0.25, -0.2) is 0 Å². The summed E-state index contributed by atoms with van der Waals surface area (Å²) in [6, 6.07) is 7.26. The molecule has 0 fully saturated rings. The predicted molar refractivity (Wildman–Crippen MR) is 74.7 cm³/mol. The van der Waals surface area contributed by atoms with Crippen LogP contribution in [0.3, 0.4) is 0 Å². The Hall–Kier alpha value is -2.63. The van der Waals surface area contributed by atoms with E-state index in [0.29, 0.717) is 16.9 Å². The molecule has 0 bridgehead atoms. The van der Waals surface area contributed by atoms with Crippen molar-refractivity contribution in [1.82, 2.24) is 9.78 Å². The summed E-state index contributed by atoms with van der Waals surface area (Å²) in [7, 11) is 1.78. The molecule has 0 atom stereocenters. The van der Waals surface area contributed by atoms with Crippen molar-refractivity contribution in [2.24, 2.45) is 7.05 Å². The highest BCUT2D eigenvalue weighted by Crippen LogP contribution is 2.30. The molecule has 1 aliphatic heterocycles. The number of amides is 2. The average Bonchev–Trinajstić information content (AvgIpc) is 2.77. The fourth-order valence-electron chi connectivity index (χ4n) is 2.27. The molecular weight excluding hydrogens is 256 g/mol. The van der Waals surface area contributed by atoms with E-state index in [-0.39, 0.29) is 18.4 Å². The summed E-state index contributed by atoms with van der Waals surface area (Å²) in [6.07, 6.45) is 1.53. The molecule has 0 spiro atoms. The van der Waals surface area contributed by atoms with E-state index < -0.39 is 0 Å². The molecule has 6 nitrogen and oxygen atoms in total. The van der Waals surface area contributed by atoms with Crippen LogP contribution in [-0.2, 0) is 11.8 Å². The van der Waals surface area contributed by atoms with Crippen LogP contribution in [0.2, 0.25) is 0 Å². The normalized spacial score (nSPS) is 13.9. The maximum absolute atomic E-state index is 12.6. The van der Waals surface area contributed by atoms with Crippen LogP contribution in [-0.4, -0.2) is 28.1 Å². The first-order chi connectivity index (χ1) is 9.58. The number of aromatic nitrogens is 2. The van der Waals surface area contributed by atoms with Gasteiger partial charge >= 0.3 is 0 Å².